The molecule has 0 saturated carbocycles. The van der Waals surface area contributed by atoms with Gasteiger partial charge in [0.25, 0.3) is 5.91 Å². The molecule has 2 N–H and O–H groups in total. The first-order valence-corrected chi connectivity index (χ1v) is 5.37. The molecule has 1 rings (SSSR count). The van der Waals surface area contributed by atoms with Gasteiger partial charge in [0.15, 0.2) is 6.07 Å². The van der Waals surface area contributed by atoms with Crippen LogP contribution in [0.4, 0.5) is 10.5 Å². The summed E-state index contributed by atoms with van der Waals surface area (Å²) in [6.07, 6.45) is -0.802. The third-order valence-corrected chi connectivity index (χ3v) is 2.39. The van der Waals surface area contributed by atoms with Crippen LogP contribution in [0.25, 0.3) is 0 Å². The number of alkyl halides is 1. The highest BCUT2D eigenvalue weighted by molar-refractivity contribution is 6.17. The Morgan fingerprint density at radius 1 is 1.47 bits per heavy atom. The number of ether oxygens (including phenoxy) is 1. The van der Waals surface area contributed by atoms with Crippen molar-refractivity contribution in [3.05, 3.63) is 29.3 Å². The summed E-state index contributed by atoms with van der Waals surface area (Å²) in [5.74, 6) is -0.494. The summed E-state index contributed by atoms with van der Waals surface area (Å²) in [4.78, 5) is 24.0. The van der Waals surface area contributed by atoms with E-state index in [9.17, 15) is 9.59 Å². The van der Waals surface area contributed by atoms with Crippen LogP contribution in [0, 0.1) is 6.92 Å². The number of carbonyl (C=O) groups excluding carboxylic acids is 2. The topological polar surface area (TPSA) is 72.6 Å². The maximum Gasteiger partial charge on any atom is 0.417 e. The molecule has 0 spiro atoms. The standard InChI is InChI=1S/C11H13ClN2O3/c1-7-3-4-8(5-9(7)13)10(15)14(2)11(16)17-6-12/h3-5H,6,13H2,1-2H3. The van der Waals surface area contributed by atoms with Crippen LogP contribution in [0.15, 0.2) is 18.2 Å². The Morgan fingerprint density at radius 3 is 2.65 bits per heavy atom. The number of amides is 2. The zero-order valence-corrected chi connectivity index (χ0v) is 10.3. The van der Waals surface area contributed by atoms with E-state index in [-0.39, 0.29) is 6.07 Å². The predicted molar refractivity (Wildman–Crippen MR) is 64.9 cm³/mol. The fourth-order valence-corrected chi connectivity index (χ4v) is 1.29. The minimum Gasteiger partial charge on any atom is -0.433 e. The van der Waals surface area contributed by atoms with Crippen LogP contribution in [-0.4, -0.2) is 30.0 Å². The van der Waals surface area contributed by atoms with Crippen LogP contribution < -0.4 is 5.73 Å². The van der Waals surface area contributed by atoms with Gasteiger partial charge >= 0.3 is 6.09 Å². The van der Waals surface area contributed by atoms with E-state index < -0.39 is 12.0 Å². The number of aryl methyl sites for hydroxylation is 1. The van der Waals surface area contributed by atoms with E-state index in [4.69, 9.17) is 17.3 Å². The Bertz CT molecular complexity index is 448. The van der Waals surface area contributed by atoms with Gasteiger partial charge < -0.3 is 10.5 Å². The number of hydrogen-bond donors (Lipinski definition) is 1. The van der Waals surface area contributed by atoms with E-state index >= 15 is 0 Å². The Balaban J connectivity index is 2.89. The lowest BCUT2D eigenvalue weighted by Gasteiger charge is -2.14. The first-order chi connectivity index (χ1) is 7.97. The van der Waals surface area contributed by atoms with Crippen molar-refractivity contribution >= 4 is 29.3 Å². The summed E-state index contributed by atoms with van der Waals surface area (Å²) in [6, 6.07) is 4.52. The minimum absolute atomic E-state index is 0.299. The number of nitrogens with two attached hydrogens (primary N) is 1. The van der Waals surface area contributed by atoms with Gasteiger partial charge in [-0.3, -0.25) is 4.79 Å². The van der Waals surface area contributed by atoms with Gasteiger partial charge in [-0.2, -0.15) is 0 Å². The van der Waals surface area contributed by atoms with Crippen molar-refractivity contribution in [1.29, 1.82) is 0 Å². The maximum absolute atomic E-state index is 11.9. The van der Waals surface area contributed by atoms with Crippen molar-refractivity contribution in [3.63, 3.8) is 0 Å². The molecule has 1 aromatic rings. The molecule has 0 saturated heterocycles. The molecule has 0 heterocycles. The van der Waals surface area contributed by atoms with E-state index in [0.29, 0.717) is 11.3 Å². The molecule has 0 aliphatic heterocycles. The van der Waals surface area contributed by atoms with E-state index in [0.717, 1.165) is 10.5 Å². The van der Waals surface area contributed by atoms with Crippen LogP contribution in [0.2, 0.25) is 0 Å². The lowest BCUT2D eigenvalue weighted by atomic mass is 10.1. The van der Waals surface area contributed by atoms with Gasteiger partial charge in [0.2, 0.25) is 0 Å². The molecule has 0 radical (unpaired) electrons. The normalized spacial score (nSPS) is 9.82. The number of imide groups is 1. The highest BCUT2D eigenvalue weighted by Crippen LogP contribution is 2.14. The predicted octanol–water partition coefficient (Wildman–Crippen LogP) is 1.98. The van der Waals surface area contributed by atoms with E-state index in [1.807, 2.05) is 6.92 Å². The number of halogens is 1. The van der Waals surface area contributed by atoms with Crippen LogP contribution >= 0.6 is 11.6 Å². The molecule has 6 heteroatoms. The highest BCUT2D eigenvalue weighted by Gasteiger charge is 2.19. The van der Waals surface area contributed by atoms with Crippen molar-refractivity contribution in [2.45, 2.75) is 6.92 Å². The third kappa shape index (κ3) is 3.10. The molecule has 92 valence electrons. The second kappa shape index (κ2) is 5.54. The first-order valence-electron chi connectivity index (χ1n) is 4.84. The molecule has 0 bridgehead atoms. The highest BCUT2D eigenvalue weighted by atomic mass is 35.5. The largest absolute Gasteiger partial charge is 0.433 e. The average molecular weight is 257 g/mol. The molecule has 0 aromatic heterocycles. The first kappa shape index (κ1) is 13.3. The van der Waals surface area contributed by atoms with Gasteiger partial charge in [-0.1, -0.05) is 17.7 Å². The van der Waals surface area contributed by atoms with Crippen LogP contribution in [0.1, 0.15) is 15.9 Å². The molecule has 2 amide bonds. The number of carbonyl (C=O) groups is 2. The number of benzene rings is 1. The van der Waals surface area contributed by atoms with E-state index in [1.165, 1.54) is 13.1 Å². The van der Waals surface area contributed by atoms with Crippen LogP contribution in [0.3, 0.4) is 0 Å². The van der Waals surface area contributed by atoms with Crippen molar-refractivity contribution in [2.75, 3.05) is 18.8 Å². The van der Waals surface area contributed by atoms with Gasteiger partial charge in [0, 0.05) is 18.3 Å². The monoisotopic (exact) mass is 256 g/mol. The van der Waals surface area contributed by atoms with Gasteiger partial charge in [0.1, 0.15) is 0 Å². The van der Waals surface area contributed by atoms with Gasteiger partial charge in [-0.15, -0.1) is 0 Å². The Labute approximate surface area is 104 Å². The summed E-state index contributed by atoms with van der Waals surface area (Å²) in [5.41, 5.74) is 7.37. The average Bonchev–Trinajstić information content (AvgIpc) is 2.31. The number of rotatable bonds is 2. The van der Waals surface area contributed by atoms with Crippen LogP contribution in [0.5, 0.6) is 0 Å². The van der Waals surface area contributed by atoms with Gasteiger partial charge in [0.05, 0.1) is 0 Å². The molecule has 17 heavy (non-hydrogen) atoms. The smallest absolute Gasteiger partial charge is 0.417 e. The molecule has 0 unspecified atom stereocenters. The van der Waals surface area contributed by atoms with Crippen molar-refractivity contribution in [3.8, 4) is 0 Å². The Hall–Kier alpha value is -1.75. The molecule has 0 fully saturated rings. The summed E-state index contributed by atoms with van der Waals surface area (Å²) < 4.78 is 4.50. The summed E-state index contributed by atoms with van der Waals surface area (Å²) in [6.45, 7) is 1.83. The second-order valence-corrected chi connectivity index (χ2v) is 3.67. The lowest BCUT2D eigenvalue weighted by molar-refractivity contribution is 0.0741. The molecular weight excluding hydrogens is 244 g/mol. The SMILES string of the molecule is Cc1ccc(C(=O)N(C)C(=O)OCCl)cc1N. The van der Waals surface area contributed by atoms with Gasteiger partial charge in [-0.25, -0.2) is 9.69 Å². The molecular formula is C11H13ClN2O3. The number of nitrogen functional groups attached to an aromatic ring is 1. The van der Waals surface area contributed by atoms with Crippen molar-refractivity contribution < 1.29 is 14.3 Å². The lowest BCUT2D eigenvalue weighted by Crippen LogP contribution is -2.33. The van der Waals surface area contributed by atoms with Crippen molar-refractivity contribution in [1.82, 2.24) is 4.90 Å². The Morgan fingerprint density at radius 2 is 2.12 bits per heavy atom. The number of anilines is 1. The van der Waals surface area contributed by atoms with Crippen molar-refractivity contribution in [2.24, 2.45) is 0 Å². The molecule has 1 aromatic carbocycles. The molecule has 0 atom stereocenters. The second-order valence-electron chi connectivity index (χ2n) is 3.45. The number of nitrogens with zero attached hydrogens (tertiary/aromatic N) is 1. The van der Waals surface area contributed by atoms with Gasteiger partial charge in [-0.05, 0) is 24.6 Å². The molecule has 0 aliphatic rings. The summed E-state index contributed by atoms with van der Waals surface area (Å²) >= 11 is 5.24. The number of hydrogen-bond acceptors (Lipinski definition) is 4. The zero-order valence-electron chi connectivity index (χ0n) is 9.57. The fraction of sp³-hybridized carbons (Fsp3) is 0.273. The quantitative estimate of drug-likeness (QED) is 0.649. The van der Waals surface area contributed by atoms with Crippen LogP contribution in [-0.2, 0) is 4.74 Å². The fourth-order valence-electron chi connectivity index (χ4n) is 1.19. The third-order valence-electron chi connectivity index (χ3n) is 2.28. The van der Waals surface area contributed by atoms with E-state index in [2.05, 4.69) is 4.74 Å². The minimum atomic E-state index is -0.802. The molecule has 5 nitrogen and oxygen atoms in total. The summed E-state index contributed by atoms with van der Waals surface area (Å²) in [7, 11) is 1.31. The zero-order chi connectivity index (χ0) is 13.0. The van der Waals surface area contributed by atoms with E-state index in [1.54, 1.807) is 12.1 Å². The molecule has 0 aliphatic carbocycles. The summed E-state index contributed by atoms with van der Waals surface area (Å²) in [5, 5.41) is 0. The Kier molecular flexibility index (Phi) is 4.34. The maximum atomic E-state index is 11.9.